The van der Waals surface area contributed by atoms with Gasteiger partial charge in [0, 0.05) is 17.6 Å². The van der Waals surface area contributed by atoms with Gasteiger partial charge >= 0.3 is 0 Å². The van der Waals surface area contributed by atoms with Gasteiger partial charge < -0.3 is 20.8 Å². The highest BCUT2D eigenvalue weighted by Gasteiger charge is 2.10. The van der Waals surface area contributed by atoms with Crippen LogP contribution in [0.25, 0.3) is 22.1 Å². The molecular formula is C28H30N10O2. The average Bonchev–Trinajstić information content (AvgIpc) is 3.57. The second-order valence-corrected chi connectivity index (χ2v) is 9.11. The van der Waals surface area contributed by atoms with Crippen molar-refractivity contribution in [3.8, 4) is 0 Å². The minimum absolute atomic E-state index is 0.0293. The number of anilines is 4. The number of benzene rings is 2. The Labute approximate surface area is 230 Å². The Morgan fingerprint density at radius 2 is 1.27 bits per heavy atom. The lowest BCUT2D eigenvalue weighted by molar-refractivity contribution is 0.270. The summed E-state index contributed by atoms with van der Waals surface area (Å²) in [7, 11) is 0. The van der Waals surface area contributed by atoms with Crippen molar-refractivity contribution in [2.75, 3.05) is 23.8 Å². The van der Waals surface area contributed by atoms with Gasteiger partial charge in [0.15, 0.2) is 11.3 Å². The minimum atomic E-state index is 0.0293. The van der Waals surface area contributed by atoms with Gasteiger partial charge in [0.1, 0.15) is 24.3 Å². The zero-order valence-corrected chi connectivity index (χ0v) is 22.2. The number of aromatic nitrogens is 8. The number of hydrogen-bond acceptors (Lipinski definition) is 10. The van der Waals surface area contributed by atoms with E-state index in [9.17, 15) is 0 Å². The van der Waals surface area contributed by atoms with Crippen molar-refractivity contribution in [3.63, 3.8) is 0 Å². The van der Waals surface area contributed by atoms with E-state index in [0.29, 0.717) is 36.0 Å². The third-order valence-corrected chi connectivity index (χ3v) is 6.07. The topological polar surface area (TPSA) is 152 Å². The van der Waals surface area contributed by atoms with Gasteiger partial charge in [0.2, 0.25) is 0 Å². The molecule has 4 heterocycles. The SMILES string of the molecule is Cc1ccc(Nc2ncnc3c2cnn3CCO)cc1.Cc1ccc(Nc2ncnc3nn(CCO)cc23)cc1. The molecule has 4 aromatic heterocycles. The number of nitrogens with zero attached hydrogens (tertiary/aromatic N) is 8. The fraction of sp³-hybridized carbons (Fsp3) is 0.214. The Kier molecular flexibility index (Phi) is 8.18. The predicted octanol–water partition coefficient (Wildman–Crippen LogP) is 3.74. The Morgan fingerprint density at radius 1 is 0.700 bits per heavy atom. The summed E-state index contributed by atoms with van der Waals surface area (Å²) in [5, 5.41) is 34.7. The second kappa shape index (κ2) is 12.3. The Balaban J connectivity index is 0.000000161. The minimum Gasteiger partial charge on any atom is -0.394 e. The standard InChI is InChI=1S/2C14H15N5O/c1-10-2-4-11(5-3-10)17-13-12-8-19(6-7-20)18-14(12)16-9-15-13;1-10-2-4-11(5-3-10)18-13-12-8-17-19(6-7-20)14(12)16-9-15-13/h2-5,8-9,20H,6-7H2,1H3,(H,15,16,17,18);2-5,8-9,20H,6-7H2,1H3,(H,15,16,18). The lowest BCUT2D eigenvalue weighted by Gasteiger charge is -2.06. The van der Waals surface area contributed by atoms with E-state index in [1.54, 1.807) is 15.6 Å². The molecule has 0 unspecified atom stereocenters. The summed E-state index contributed by atoms with van der Waals surface area (Å²) in [5.41, 5.74) is 5.67. The molecule has 0 amide bonds. The van der Waals surface area contributed by atoms with Gasteiger partial charge in [0.25, 0.3) is 0 Å². The van der Waals surface area contributed by atoms with Gasteiger partial charge in [-0.15, -0.1) is 0 Å². The monoisotopic (exact) mass is 538 g/mol. The maximum atomic E-state index is 9.01. The molecule has 0 spiro atoms. The van der Waals surface area contributed by atoms with Crippen LogP contribution < -0.4 is 10.6 Å². The van der Waals surface area contributed by atoms with Crippen molar-refractivity contribution in [2.45, 2.75) is 26.9 Å². The maximum absolute atomic E-state index is 9.01. The first kappa shape index (κ1) is 26.7. The van der Waals surface area contributed by atoms with Gasteiger partial charge in [-0.1, -0.05) is 35.4 Å². The fourth-order valence-corrected chi connectivity index (χ4v) is 4.00. The summed E-state index contributed by atoms with van der Waals surface area (Å²) in [6, 6.07) is 16.2. The van der Waals surface area contributed by atoms with Crippen LogP contribution in [0.15, 0.2) is 73.6 Å². The summed E-state index contributed by atoms with van der Waals surface area (Å²) in [6.45, 7) is 5.03. The van der Waals surface area contributed by atoms with Gasteiger partial charge in [-0.3, -0.25) is 4.68 Å². The molecule has 0 fully saturated rings. The van der Waals surface area contributed by atoms with Gasteiger partial charge in [-0.2, -0.15) is 10.2 Å². The van der Waals surface area contributed by atoms with E-state index in [2.05, 4.69) is 40.8 Å². The highest BCUT2D eigenvalue weighted by atomic mass is 16.3. The molecule has 0 bridgehead atoms. The first-order valence-corrected chi connectivity index (χ1v) is 12.8. The molecule has 12 nitrogen and oxygen atoms in total. The maximum Gasteiger partial charge on any atom is 0.186 e. The molecule has 40 heavy (non-hydrogen) atoms. The molecule has 2 aromatic carbocycles. The van der Waals surface area contributed by atoms with Crippen LogP contribution in [0, 0.1) is 13.8 Å². The molecule has 0 aliphatic carbocycles. The Hall–Kier alpha value is -4.94. The van der Waals surface area contributed by atoms with E-state index in [1.165, 1.54) is 23.8 Å². The van der Waals surface area contributed by atoms with Crippen LogP contribution >= 0.6 is 0 Å². The molecule has 0 saturated heterocycles. The van der Waals surface area contributed by atoms with Crippen molar-refractivity contribution in [3.05, 3.63) is 84.7 Å². The van der Waals surface area contributed by atoms with E-state index >= 15 is 0 Å². The molecule has 0 radical (unpaired) electrons. The molecule has 6 rings (SSSR count). The van der Waals surface area contributed by atoms with Crippen LogP contribution in [0.1, 0.15) is 11.1 Å². The van der Waals surface area contributed by atoms with Crippen molar-refractivity contribution >= 4 is 45.1 Å². The number of nitrogens with one attached hydrogen (secondary N) is 2. The van der Waals surface area contributed by atoms with Gasteiger partial charge in [-0.05, 0) is 38.1 Å². The Bertz CT molecular complexity index is 1640. The molecule has 0 aliphatic rings. The first-order chi connectivity index (χ1) is 19.5. The number of hydrogen-bond donors (Lipinski definition) is 4. The number of aliphatic hydroxyl groups excluding tert-OH is 2. The summed E-state index contributed by atoms with van der Waals surface area (Å²) in [6.07, 6.45) is 6.52. The van der Waals surface area contributed by atoms with E-state index < -0.39 is 0 Å². The van der Waals surface area contributed by atoms with Gasteiger partial charge in [0.05, 0.1) is 43.3 Å². The smallest absolute Gasteiger partial charge is 0.186 e. The lowest BCUT2D eigenvalue weighted by Crippen LogP contribution is -2.04. The van der Waals surface area contributed by atoms with E-state index in [4.69, 9.17) is 10.2 Å². The van der Waals surface area contributed by atoms with Crippen molar-refractivity contribution in [2.24, 2.45) is 0 Å². The zero-order chi connectivity index (χ0) is 27.9. The lowest BCUT2D eigenvalue weighted by atomic mass is 10.2. The molecule has 0 aliphatic heterocycles. The summed E-state index contributed by atoms with van der Waals surface area (Å²) in [4.78, 5) is 16.9. The van der Waals surface area contributed by atoms with Gasteiger partial charge in [-0.25, -0.2) is 24.6 Å². The largest absolute Gasteiger partial charge is 0.394 e. The number of rotatable bonds is 8. The number of aryl methyl sites for hydroxylation is 2. The predicted molar refractivity (Wildman–Crippen MR) is 154 cm³/mol. The first-order valence-electron chi connectivity index (χ1n) is 12.8. The summed E-state index contributed by atoms with van der Waals surface area (Å²) in [5.74, 6) is 1.42. The number of fused-ring (bicyclic) bond motifs is 2. The highest BCUT2D eigenvalue weighted by molar-refractivity contribution is 5.88. The molecule has 0 saturated carbocycles. The van der Waals surface area contributed by atoms with Crippen LogP contribution in [0.3, 0.4) is 0 Å². The Morgan fingerprint density at radius 3 is 1.88 bits per heavy atom. The fourth-order valence-electron chi connectivity index (χ4n) is 4.00. The van der Waals surface area contributed by atoms with Crippen LogP contribution in [0.4, 0.5) is 23.0 Å². The third-order valence-electron chi connectivity index (χ3n) is 6.07. The normalized spacial score (nSPS) is 10.9. The number of aliphatic hydroxyl groups is 2. The van der Waals surface area contributed by atoms with E-state index in [0.717, 1.165) is 22.1 Å². The zero-order valence-electron chi connectivity index (χ0n) is 22.2. The molecule has 204 valence electrons. The summed E-state index contributed by atoms with van der Waals surface area (Å²) >= 11 is 0. The van der Waals surface area contributed by atoms with E-state index in [1.807, 2.05) is 68.6 Å². The molecule has 0 atom stereocenters. The molecule has 6 aromatic rings. The molecule has 12 heteroatoms. The van der Waals surface area contributed by atoms with E-state index in [-0.39, 0.29) is 13.2 Å². The molecule has 4 N–H and O–H groups in total. The quantitative estimate of drug-likeness (QED) is 0.225. The van der Waals surface area contributed by atoms with Crippen molar-refractivity contribution in [1.29, 1.82) is 0 Å². The average molecular weight is 539 g/mol. The second-order valence-electron chi connectivity index (χ2n) is 9.11. The van der Waals surface area contributed by atoms with Crippen LogP contribution in [0.2, 0.25) is 0 Å². The molecular weight excluding hydrogens is 508 g/mol. The van der Waals surface area contributed by atoms with Crippen LogP contribution in [-0.4, -0.2) is 62.9 Å². The van der Waals surface area contributed by atoms with Crippen LogP contribution in [0.5, 0.6) is 0 Å². The summed E-state index contributed by atoms with van der Waals surface area (Å²) < 4.78 is 3.33. The highest BCUT2D eigenvalue weighted by Crippen LogP contribution is 2.23. The van der Waals surface area contributed by atoms with Crippen molar-refractivity contribution < 1.29 is 10.2 Å². The third kappa shape index (κ3) is 6.20. The van der Waals surface area contributed by atoms with Crippen molar-refractivity contribution in [1.82, 2.24) is 39.5 Å². The van der Waals surface area contributed by atoms with Crippen LogP contribution in [-0.2, 0) is 13.1 Å².